The van der Waals surface area contributed by atoms with Gasteiger partial charge in [-0.05, 0) is 23.3 Å². The van der Waals surface area contributed by atoms with Crippen LogP contribution in [0, 0.1) is 0 Å². The maximum Gasteiger partial charge on any atom is 0.417 e. The van der Waals surface area contributed by atoms with Crippen LogP contribution < -0.4 is 11.5 Å². The standard InChI is InChI=1S/C13H13F3N2.CH4/c14-13(15,16)11-4-2-1-3-10(11)9-5-7-12(17,18)8-6-9;/h1-7H,8,17-18H2;1H4. The molecule has 1 aromatic rings. The smallest absolute Gasteiger partial charge is 0.310 e. The second kappa shape index (κ2) is 5.19. The first-order chi connectivity index (χ1) is 8.30. The molecule has 0 atom stereocenters. The van der Waals surface area contributed by atoms with Crippen LogP contribution in [0.2, 0.25) is 0 Å². The third kappa shape index (κ3) is 3.45. The Morgan fingerprint density at radius 3 is 2.26 bits per heavy atom. The van der Waals surface area contributed by atoms with E-state index < -0.39 is 17.4 Å². The second-order valence-electron chi connectivity index (χ2n) is 4.35. The fourth-order valence-corrected chi connectivity index (χ4v) is 1.85. The second-order valence-corrected chi connectivity index (χ2v) is 4.35. The van der Waals surface area contributed by atoms with E-state index in [9.17, 15) is 13.2 Å². The van der Waals surface area contributed by atoms with E-state index in [1.807, 2.05) is 0 Å². The van der Waals surface area contributed by atoms with E-state index in [-0.39, 0.29) is 13.0 Å². The van der Waals surface area contributed by atoms with Crippen molar-refractivity contribution >= 4 is 5.57 Å². The summed E-state index contributed by atoms with van der Waals surface area (Å²) in [5.74, 6) is 0. The zero-order chi connectivity index (χ0) is 13.4. The SMILES string of the molecule is C.NC1(N)C=CC(c2ccccc2C(F)(F)F)=CC1. The minimum Gasteiger partial charge on any atom is -0.310 e. The first kappa shape index (κ1) is 15.5. The fourth-order valence-electron chi connectivity index (χ4n) is 1.85. The van der Waals surface area contributed by atoms with Gasteiger partial charge < -0.3 is 11.5 Å². The molecule has 4 N–H and O–H groups in total. The lowest BCUT2D eigenvalue weighted by atomic mass is 9.91. The summed E-state index contributed by atoms with van der Waals surface area (Å²) in [6.45, 7) is 0. The molecule has 1 aromatic carbocycles. The normalized spacial score (nSPS) is 17.6. The Morgan fingerprint density at radius 2 is 1.74 bits per heavy atom. The molecule has 5 heteroatoms. The topological polar surface area (TPSA) is 52.0 Å². The van der Waals surface area contributed by atoms with Crippen molar-refractivity contribution in [3.05, 3.63) is 53.6 Å². The number of nitrogens with two attached hydrogens (primary N) is 2. The van der Waals surface area contributed by atoms with Crippen LogP contribution in [0.15, 0.2) is 42.5 Å². The van der Waals surface area contributed by atoms with Crippen molar-refractivity contribution in [2.24, 2.45) is 11.5 Å². The van der Waals surface area contributed by atoms with Gasteiger partial charge in [-0.1, -0.05) is 37.8 Å². The summed E-state index contributed by atoms with van der Waals surface area (Å²) in [4.78, 5) is 0. The van der Waals surface area contributed by atoms with Crippen LogP contribution in [0.25, 0.3) is 5.57 Å². The zero-order valence-corrected chi connectivity index (χ0v) is 9.54. The molecule has 0 fully saturated rings. The third-order valence-electron chi connectivity index (χ3n) is 2.79. The van der Waals surface area contributed by atoms with Crippen LogP contribution in [0.5, 0.6) is 0 Å². The van der Waals surface area contributed by atoms with E-state index in [0.717, 1.165) is 6.07 Å². The fraction of sp³-hybridized carbons (Fsp3) is 0.286. The summed E-state index contributed by atoms with van der Waals surface area (Å²) in [6, 6.07) is 5.46. The van der Waals surface area contributed by atoms with Gasteiger partial charge in [0.15, 0.2) is 0 Å². The van der Waals surface area contributed by atoms with Gasteiger partial charge in [0.25, 0.3) is 0 Å². The van der Waals surface area contributed by atoms with E-state index >= 15 is 0 Å². The van der Waals surface area contributed by atoms with Crippen molar-refractivity contribution in [2.45, 2.75) is 25.7 Å². The molecule has 0 aromatic heterocycles. The van der Waals surface area contributed by atoms with Gasteiger partial charge in [0, 0.05) is 6.42 Å². The van der Waals surface area contributed by atoms with Crippen LogP contribution in [0.4, 0.5) is 13.2 Å². The minimum atomic E-state index is -4.37. The Bertz CT molecular complexity index is 514. The summed E-state index contributed by atoms with van der Waals surface area (Å²) >= 11 is 0. The third-order valence-corrected chi connectivity index (χ3v) is 2.79. The van der Waals surface area contributed by atoms with Gasteiger partial charge in [0.05, 0.1) is 11.2 Å². The van der Waals surface area contributed by atoms with E-state index in [2.05, 4.69) is 0 Å². The number of alkyl halides is 3. The summed E-state index contributed by atoms with van der Waals surface area (Å²) < 4.78 is 38.6. The molecule has 1 aliphatic carbocycles. The van der Waals surface area contributed by atoms with Crippen molar-refractivity contribution in [1.82, 2.24) is 0 Å². The first-order valence-electron chi connectivity index (χ1n) is 5.43. The summed E-state index contributed by atoms with van der Waals surface area (Å²) in [5.41, 5.74) is 10.4. The van der Waals surface area contributed by atoms with Crippen molar-refractivity contribution in [2.75, 3.05) is 0 Å². The van der Waals surface area contributed by atoms with Crippen LogP contribution >= 0.6 is 0 Å². The molecule has 104 valence electrons. The highest BCUT2D eigenvalue weighted by Crippen LogP contribution is 2.36. The van der Waals surface area contributed by atoms with Gasteiger partial charge in [-0.2, -0.15) is 13.2 Å². The largest absolute Gasteiger partial charge is 0.417 e. The maximum atomic E-state index is 12.9. The molecule has 0 amide bonds. The maximum absolute atomic E-state index is 12.9. The number of hydrogen-bond acceptors (Lipinski definition) is 2. The van der Waals surface area contributed by atoms with Gasteiger partial charge in [0.2, 0.25) is 0 Å². The monoisotopic (exact) mass is 270 g/mol. The zero-order valence-electron chi connectivity index (χ0n) is 9.54. The lowest BCUT2D eigenvalue weighted by molar-refractivity contribution is -0.137. The molecule has 2 nitrogen and oxygen atoms in total. The number of hydrogen-bond donors (Lipinski definition) is 2. The molecular formula is C14H17F3N2. The van der Waals surface area contributed by atoms with Crippen LogP contribution in [0.3, 0.4) is 0 Å². The highest BCUT2D eigenvalue weighted by atomic mass is 19.4. The Labute approximate surface area is 110 Å². The minimum absolute atomic E-state index is 0. The predicted molar refractivity (Wildman–Crippen MR) is 71.0 cm³/mol. The van der Waals surface area contributed by atoms with E-state index in [4.69, 9.17) is 11.5 Å². The number of halogens is 3. The first-order valence-corrected chi connectivity index (χ1v) is 5.43. The highest BCUT2D eigenvalue weighted by molar-refractivity contribution is 5.77. The Hall–Kier alpha value is -1.59. The Balaban J connectivity index is 0.00000180. The number of benzene rings is 1. The van der Waals surface area contributed by atoms with Crippen LogP contribution in [0.1, 0.15) is 25.0 Å². The van der Waals surface area contributed by atoms with Gasteiger partial charge >= 0.3 is 6.18 Å². The number of rotatable bonds is 1. The average Bonchev–Trinajstić information content (AvgIpc) is 2.28. The van der Waals surface area contributed by atoms with Crippen molar-refractivity contribution in [3.63, 3.8) is 0 Å². The molecule has 0 aliphatic heterocycles. The van der Waals surface area contributed by atoms with Gasteiger partial charge in [-0.3, -0.25) is 0 Å². The van der Waals surface area contributed by atoms with Gasteiger partial charge in [0.1, 0.15) is 0 Å². The predicted octanol–water partition coefficient (Wildman–Crippen LogP) is 3.30. The van der Waals surface area contributed by atoms with Gasteiger partial charge in [-0.15, -0.1) is 0 Å². The van der Waals surface area contributed by atoms with E-state index in [1.54, 1.807) is 12.1 Å². The van der Waals surface area contributed by atoms with Crippen molar-refractivity contribution in [1.29, 1.82) is 0 Å². The quantitative estimate of drug-likeness (QED) is 0.769. The molecule has 0 spiro atoms. The summed E-state index contributed by atoms with van der Waals surface area (Å²) in [6.07, 6.45) is 0.629. The molecule has 0 unspecified atom stereocenters. The molecule has 0 bridgehead atoms. The molecule has 0 saturated carbocycles. The Morgan fingerprint density at radius 1 is 1.11 bits per heavy atom. The number of allylic oxidation sites excluding steroid dienone is 2. The van der Waals surface area contributed by atoms with Crippen LogP contribution in [-0.2, 0) is 6.18 Å². The highest BCUT2D eigenvalue weighted by Gasteiger charge is 2.33. The molecule has 0 saturated heterocycles. The van der Waals surface area contributed by atoms with E-state index in [0.29, 0.717) is 12.0 Å². The lowest BCUT2D eigenvalue weighted by Gasteiger charge is -2.23. The Kier molecular flexibility index (Phi) is 4.22. The van der Waals surface area contributed by atoms with Crippen molar-refractivity contribution in [3.8, 4) is 0 Å². The van der Waals surface area contributed by atoms with Gasteiger partial charge in [-0.25, -0.2) is 0 Å². The molecule has 0 radical (unpaired) electrons. The van der Waals surface area contributed by atoms with Crippen molar-refractivity contribution < 1.29 is 13.2 Å². The molecule has 0 heterocycles. The summed E-state index contributed by atoms with van der Waals surface area (Å²) in [7, 11) is 0. The molecule has 1 aliphatic rings. The average molecular weight is 270 g/mol. The van der Waals surface area contributed by atoms with Crippen LogP contribution in [-0.4, -0.2) is 5.66 Å². The van der Waals surface area contributed by atoms with E-state index in [1.165, 1.54) is 24.3 Å². The molecule has 19 heavy (non-hydrogen) atoms. The lowest BCUT2D eigenvalue weighted by Crippen LogP contribution is -2.47. The molecule has 2 rings (SSSR count). The molecular weight excluding hydrogens is 253 g/mol. The summed E-state index contributed by atoms with van der Waals surface area (Å²) in [5, 5.41) is 0.